The minimum atomic E-state index is 0.198. The highest BCUT2D eigenvalue weighted by molar-refractivity contribution is 5.80. The summed E-state index contributed by atoms with van der Waals surface area (Å²) in [5.74, 6) is 2.07. The lowest BCUT2D eigenvalue weighted by Crippen LogP contribution is -2.43. The molecule has 6 nitrogen and oxygen atoms in total. The number of ether oxygens (including phenoxy) is 1. The van der Waals surface area contributed by atoms with Crippen molar-refractivity contribution in [3.8, 4) is 5.75 Å². The van der Waals surface area contributed by atoms with Gasteiger partial charge >= 0.3 is 0 Å². The van der Waals surface area contributed by atoms with E-state index in [4.69, 9.17) is 4.74 Å². The van der Waals surface area contributed by atoms with E-state index in [-0.39, 0.29) is 11.8 Å². The summed E-state index contributed by atoms with van der Waals surface area (Å²) in [4.78, 5) is 18.5. The van der Waals surface area contributed by atoms with Gasteiger partial charge in [0.25, 0.3) is 0 Å². The zero-order chi connectivity index (χ0) is 18.8. The highest BCUT2D eigenvalue weighted by Crippen LogP contribution is 2.23. The number of rotatable bonds is 7. The van der Waals surface area contributed by atoms with Gasteiger partial charge in [-0.1, -0.05) is 37.5 Å². The van der Waals surface area contributed by atoms with Crippen LogP contribution in [0.3, 0.4) is 0 Å². The molecule has 0 heterocycles. The Morgan fingerprint density at radius 2 is 1.88 bits per heavy atom. The summed E-state index contributed by atoms with van der Waals surface area (Å²) in [5, 5.41) is 6.35. The zero-order valence-electron chi connectivity index (χ0n) is 16.3. The van der Waals surface area contributed by atoms with E-state index in [2.05, 4.69) is 15.6 Å². The quantitative estimate of drug-likeness (QED) is 0.445. The summed E-state index contributed by atoms with van der Waals surface area (Å²) in [5.41, 5.74) is 1.10. The van der Waals surface area contributed by atoms with Crippen molar-refractivity contribution in [2.45, 2.75) is 38.6 Å². The van der Waals surface area contributed by atoms with Crippen LogP contribution in [0.5, 0.6) is 5.75 Å². The standard InChI is InChI=1S/C20H32N4O2/c1-21-20(24(2)15-17-11-7-8-12-18(17)26-3)23-14-13-22-19(25)16-9-5-4-6-10-16/h7-8,11-12,16H,4-6,9-10,13-15H2,1-3H3,(H,21,23)(H,22,25). The Morgan fingerprint density at radius 1 is 1.19 bits per heavy atom. The van der Waals surface area contributed by atoms with E-state index in [0.717, 1.165) is 30.1 Å². The van der Waals surface area contributed by atoms with E-state index in [9.17, 15) is 4.79 Å². The van der Waals surface area contributed by atoms with Gasteiger partial charge in [-0.05, 0) is 18.9 Å². The second-order valence-corrected chi connectivity index (χ2v) is 6.77. The van der Waals surface area contributed by atoms with E-state index in [1.165, 1.54) is 19.3 Å². The summed E-state index contributed by atoms with van der Waals surface area (Å²) in [6.07, 6.45) is 5.68. The Morgan fingerprint density at radius 3 is 2.58 bits per heavy atom. The van der Waals surface area contributed by atoms with Crippen LogP contribution in [0, 0.1) is 5.92 Å². The summed E-state index contributed by atoms with van der Waals surface area (Å²) in [6, 6.07) is 7.97. The van der Waals surface area contributed by atoms with Gasteiger partial charge in [0.1, 0.15) is 5.75 Å². The molecule has 2 rings (SSSR count). The highest BCUT2D eigenvalue weighted by Gasteiger charge is 2.20. The summed E-state index contributed by atoms with van der Waals surface area (Å²) < 4.78 is 5.41. The number of methoxy groups -OCH3 is 1. The summed E-state index contributed by atoms with van der Waals surface area (Å²) in [6.45, 7) is 1.95. The van der Waals surface area contributed by atoms with E-state index < -0.39 is 0 Å². The number of nitrogens with one attached hydrogen (secondary N) is 2. The number of hydrogen-bond donors (Lipinski definition) is 2. The van der Waals surface area contributed by atoms with Gasteiger partial charge < -0.3 is 20.3 Å². The third kappa shape index (κ3) is 5.93. The number of para-hydroxylation sites is 1. The van der Waals surface area contributed by atoms with Crippen molar-refractivity contribution in [1.29, 1.82) is 0 Å². The number of nitrogens with zero attached hydrogens (tertiary/aromatic N) is 2. The first-order chi connectivity index (χ1) is 12.7. The fraction of sp³-hybridized carbons (Fsp3) is 0.600. The molecule has 144 valence electrons. The van der Waals surface area contributed by atoms with Crippen molar-refractivity contribution in [3.05, 3.63) is 29.8 Å². The van der Waals surface area contributed by atoms with Crippen molar-refractivity contribution in [2.24, 2.45) is 10.9 Å². The maximum absolute atomic E-state index is 12.2. The average Bonchev–Trinajstić information content (AvgIpc) is 2.68. The molecule has 1 amide bonds. The van der Waals surface area contributed by atoms with Gasteiger partial charge in [0.2, 0.25) is 5.91 Å². The lowest BCUT2D eigenvalue weighted by molar-refractivity contribution is -0.125. The molecule has 0 unspecified atom stereocenters. The van der Waals surface area contributed by atoms with Crippen LogP contribution in [0.4, 0.5) is 0 Å². The topological polar surface area (TPSA) is 66.0 Å². The third-order valence-corrected chi connectivity index (χ3v) is 4.86. The minimum absolute atomic E-state index is 0.198. The number of benzene rings is 1. The van der Waals surface area contributed by atoms with Crippen molar-refractivity contribution < 1.29 is 9.53 Å². The maximum Gasteiger partial charge on any atom is 0.223 e. The third-order valence-electron chi connectivity index (χ3n) is 4.86. The van der Waals surface area contributed by atoms with Gasteiger partial charge in [-0.3, -0.25) is 9.79 Å². The molecule has 26 heavy (non-hydrogen) atoms. The number of carbonyl (C=O) groups excluding carboxylic acids is 1. The molecular weight excluding hydrogens is 328 g/mol. The van der Waals surface area contributed by atoms with Crippen LogP contribution >= 0.6 is 0 Å². The number of hydrogen-bond acceptors (Lipinski definition) is 3. The van der Waals surface area contributed by atoms with Crippen LogP contribution in [0.15, 0.2) is 29.3 Å². The van der Waals surface area contributed by atoms with Crippen molar-refractivity contribution in [2.75, 3.05) is 34.3 Å². The van der Waals surface area contributed by atoms with Crippen molar-refractivity contribution >= 4 is 11.9 Å². The Balaban J connectivity index is 1.75. The SMILES string of the molecule is CN=C(NCCNC(=O)C1CCCCC1)N(C)Cc1ccccc1OC. The fourth-order valence-corrected chi connectivity index (χ4v) is 3.42. The maximum atomic E-state index is 12.2. The molecule has 2 N–H and O–H groups in total. The van der Waals surface area contributed by atoms with Crippen LogP contribution in [-0.2, 0) is 11.3 Å². The molecule has 0 aromatic heterocycles. The number of amides is 1. The fourth-order valence-electron chi connectivity index (χ4n) is 3.42. The van der Waals surface area contributed by atoms with E-state index in [1.807, 2.05) is 36.2 Å². The lowest BCUT2D eigenvalue weighted by atomic mass is 9.89. The van der Waals surface area contributed by atoms with Crippen LogP contribution in [0.25, 0.3) is 0 Å². The number of carbonyl (C=O) groups is 1. The Labute approximate surface area is 157 Å². The van der Waals surface area contributed by atoms with Crippen LogP contribution < -0.4 is 15.4 Å². The van der Waals surface area contributed by atoms with Crippen LogP contribution in [0.1, 0.15) is 37.7 Å². The Hall–Kier alpha value is -2.24. The first-order valence-electron chi connectivity index (χ1n) is 9.47. The smallest absolute Gasteiger partial charge is 0.223 e. The Bertz CT molecular complexity index is 597. The predicted octanol–water partition coefficient (Wildman–Crippen LogP) is 2.40. The average molecular weight is 361 g/mol. The van der Waals surface area contributed by atoms with Gasteiger partial charge in [0, 0.05) is 45.2 Å². The van der Waals surface area contributed by atoms with Crippen molar-refractivity contribution in [3.63, 3.8) is 0 Å². The molecule has 0 spiro atoms. The first kappa shape index (κ1) is 20.1. The number of guanidine groups is 1. The molecular formula is C20H32N4O2. The molecule has 1 aliphatic rings. The van der Waals surface area contributed by atoms with E-state index in [1.54, 1.807) is 14.2 Å². The highest BCUT2D eigenvalue weighted by atomic mass is 16.5. The molecule has 0 aliphatic heterocycles. The normalized spacial score (nSPS) is 15.4. The molecule has 0 bridgehead atoms. The van der Waals surface area contributed by atoms with Gasteiger partial charge in [0.15, 0.2) is 5.96 Å². The lowest BCUT2D eigenvalue weighted by Gasteiger charge is -2.24. The summed E-state index contributed by atoms with van der Waals surface area (Å²) in [7, 11) is 5.44. The van der Waals surface area contributed by atoms with Gasteiger partial charge in [0.05, 0.1) is 7.11 Å². The molecule has 1 aromatic carbocycles. The van der Waals surface area contributed by atoms with Crippen LogP contribution in [0.2, 0.25) is 0 Å². The molecule has 1 aromatic rings. The molecule has 6 heteroatoms. The van der Waals surface area contributed by atoms with Crippen molar-refractivity contribution in [1.82, 2.24) is 15.5 Å². The van der Waals surface area contributed by atoms with Gasteiger partial charge in [-0.15, -0.1) is 0 Å². The molecule has 1 aliphatic carbocycles. The molecule has 0 radical (unpaired) electrons. The summed E-state index contributed by atoms with van der Waals surface area (Å²) >= 11 is 0. The second kappa shape index (κ2) is 10.7. The predicted molar refractivity (Wildman–Crippen MR) is 105 cm³/mol. The second-order valence-electron chi connectivity index (χ2n) is 6.77. The monoisotopic (exact) mass is 360 g/mol. The van der Waals surface area contributed by atoms with Gasteiger partial charge in [-0.2, -0.15) is 0 Å². The van der Waals surface area contributed by atoms with Crippen LogP contribution in [-0.4, -0.2) is 51.1 Å². The Kier molecular flexibility index (Phi) is 8.25. The molecule has 1 fully saturated rings. The molecule has 1 saturated carbocycles. The minimum Gasteiger partial charge on any atom is -0.496 e. The largest absolute Gasteiger partial charge is 0.496 e. The first-order valence-corrected chi connectivity index (χ1v) is 9.47. The zero-order valence-corrected chi connectivity index (χ0v) is 16.3. The molecule has 0 saturated heterocycles. The number of aliphatic imine (C=N–C) groups is 1. The molecule has 0 atom stereocenters. The van der Waals surface area contributed by atoms with E-state index >= 15 is 0 Å². The van der Waals surface area contributed by atoms with Gasteiger partial charge in [-0.25, -0.2) is 0 Å². The van der Waals surface area contributed by atoms with E-state index in [0.29, 0.717) is 19.6 Å².